The van der Waals surface area contributed by atoms with Gasteiger partial charge in [0.1, 0.15) is 12.6 Å². The van der Waals surface area contributed by atoms with Crippen molar-refractivity contribution in [3.05, 3.63) is 24.3 Å². The summed E-state index contributed by atoms with van der Waals surface area (Å²) < 4.78 is 0. The maximum absolute atomic E-state index is 11.3. The average Bonchev–Trinajstić information content (AvgIpc) is 2.87. The minimum Gasteiger partial charge on any atom is -0.303 e. The molecule has 2 saturated carbocycles. The van der Waals surface area contributed by atoms with Gasteiger partial charge in [-0.1, -0.05) is 32.6 Å². The Morgan fingerprint density at radius 1 is 1.41 bits per heavy atom. The van der Waals surface area contributed by atoms with E-state index in [2.05, 4.69) is 27.0 Å². The molecule has 2 nitrogen and oxygen atoms in total. The fourth-order valence-electron chi connectivity index (χ4n) is 3.76. The molecular formula is C15H20O2. The lowest BCUT2D eigenvalue weighted by molar-refractivity contribution is -0.111. The van der Waals surface area contributed by atoms with E-state index in [0.717, 1.165) is 31.0 Å². The first-order valence-electron chi connectivity index (χ1n) is 6.22. The number of carbonyl (C=O) groups excluding carboxylic acids is 2. The quantitative estimate of drug-likeness (QED) is 0.426. The summed E-state index contributed by atoms with van der Waals surface area (Å²) in [7, 11) is 0. The molecule has 4 atom stereocenters. The molecule has 0 radical (unpaired) electrons. The van der Waals surface area contributed by atoms with E-state index in [0.29, 0.717) is 17.4 Å². The van der Waals surface area contributed by atoms with E-state index in [4.69, 9.17) is 0 Å². The smallest absolute Gasteiger partial charge is 0.145 e. The normalized spacial score (nSPS) is 38.8. The fraction of sp³-hybridized carbons (Fsp3) is 0.600. The number of rotatable bonds is 3. The second-order valence-corrected chi connectivity index (χ2v) is 6.03. The van der Waals surface area contributed by atoms with E-state index in [1.165, 1.54) is 0 Å². The van der Waals surface area contributed by atoms with Gasteiger partial charge in [-0.3, -0.25) is 4.79 Å². The van der Waals surface area contributed by atoms with Crippen LogP contribution in [0.15, 0.2) is 24.3 Å². The zero-order valence-corrected chi connectivity index (χ0v) is 10.6. The van der Waals surface area contributed by atoms with Crippen LogP contribution in [0.5, 0.6) is 0 Å². The van der Waals surface area contributed by atoms with Gasteiger partial charge in [0.05, 0.1) is 0 Å². The van der Waals surface area contributed by atoms with Gasteiger partial charge in [-0.25, -0.2) is 0 Å². The van der Waals surface area contributed by atoms with Crippen LogP contribution >= 0.6 is 0 Å². The van der Waals surface area contributed by atoms with Crippen LogP contribution in [-0.4, -0.2) is 12.6 Å². The molecule has 2 aliphatic carbocycles. The lowest BCUT2D eigenvalue weighted by Gasteiger charge is -2.25. The van der Waals surface area contributed by atoms with Crippen molar-refractivity contribution in [1.29, 1.82) is 0 Å². The molecule has 0 aromatic heterocycles. The van der Waals surface area contributed by atoms with Crippen molar-refractivity contribution in [3.63, 3.8) is 0 Å². The van der Waals surface area contributed by atoms with E-state index >= 15 is 0 Å². The molecule has 0 aliphatic heterocycles. The largest absolute Gasteiger partial charge is 0.303 e. The predicted molar refractivity (Wildman–Crippen MR) is 67.4 cm³/mol. The van der Waals surface area contributed by atoms with Crippen molar-refractivity contribution in [2.45, 2.75) is 26.7 Å². The first kappa shape index (κ1) is 12.3. The van der Waals surface area contributed by atoms with Crippen LogP contribution in [0, 0.1) is 29.1 Å². The van der Waals surface area contributed by atoms with Crippen molar-refractivity contribution >= 4 is 12.6 Å². The van der Waals surface area contributed by atoms with Gasteiger partial charge < -0.3 is 4.79 Å². The highest BCUT2D eigenvalue weighted by molar-refractivity contribution is 5.76. The summed E-state index contributed by atoms with van der Waals surface area (Å²) in [4.78, 5) is 22.3. The van der Waals surface area contributed by atoms with Crippen LogP contribution in [0.1, 0.15) is 26.7 Å². The van der Waals surface area contributed by atoms with Gasteiger partial charge in [0.2, 0.25) is 0 Å². The molecule has 0 aromatic carbocycles. The molecule has 2 heteroatoms. The van der Waals surface area contributed by atoms with E-state index in [-0.39, 0.29) is 17.3 Å². The molecule has 0 amide bonds. The highest BCUT2D eigenvalue weighted by atomic mass is 16.1. The summed E-state index contributed by atoms with van der Waals surface area (Å²) in [5.41, 5.74) is 1.76. The Labute approximate surface area is 103 Å². The Bertz CT molecular complexity index is 392. The Balaban J connectivity index is 2.38. The molecule has 92 valence electrons. The molecule has 0 saturated heterocycles. The van der Waals surface area contributed by atoms with Gasteiger partial charge in [0, 0.05) is 11.8 Å². The van der Waals surface area contributed by atoms with Gasteiger partial charge in [-0.15, -0.1) is 0 Å². The molecule has 2 fully saturated rings. The Hall–Kier alpha value is -1.18. The van der Waals surface area contributed by atoms with Gasteiger partial charge in [0.25, 0.3) is 0 Å². The van der Waals surface area contributed by atoms with Crippen LogP contribution in [0.2, 0.25) is 0 Å². The first-order chi connectivity index (χ1) is 7.95. The zero-order valence-electron chi connectivity index (χ0n) is 10.6. The summed E-state index contributed by atoms with van der Waals surface area (Å²) >= 11 is 0. The maximum atomic E-state index is 11.3. The minimum absolute atomic E-state index is 0.0278. The topological polar surface area (TPSA) is 34.1 Å². The molecule has 0 N–H and O–H groups in total. The van der Waals surface area contributed by atoms with E-state index in [1.54, 1.807) is 0 Å². The van der Waals surface area contributed by atoms with Gasteiger partial charge in [-0.05, 0) is 35.7 Å². The average molecular weight is 232 g/mol. The number of carbonyl (C=O) groups is 2. The molecular weight excluding hydrogens is 212 g/mol. The van der Waals surface area contributed by atoms with Crippen LogP contribution in [0.25, 0.3) is 0 Å². The van der Waals surface area contributed by atoms with Crippen molar-refractivity contribution in [1.82, 2.24) is 0 Å². The Morgan fingerprint density at radius 3 is 2.59 bits per heavy atom. The van der Waals surface area contributed by atoms with Crippen LogP contribution in [0.3, 0.4) is 0 Å². The second kappa shape index (κ2) is 3.94. The van der Waals surface area contributed by atoms with Crippen LogP contribution in [0.4, 0.5) is 0 Å². The lowest BCUT2D eigenvalue weighted by atomic mass is 9.78. The Morgan fingerprint density at radius 2 is 2.06 bits per heavy atom. The molecule has 0 spiro atoms. The van der Waals surface area contributed by atoms with Gasteiger partial charge in [0.15, 0.2) is 0 Å². The van der Waals surface area contributed by atoms with Gasteiger partial charge >= 0.3 is 0 Å². The number of allylic oxidation sites excluding steroid dienone is 2. The lowest BCUT2D eigenvalue weighted by Crippen LogP contribution is -2.23. The molecule has 0 heterocycles. The van der Waals surface area contributed by atoms with Crippen molar-refractivity contribution < 1.29 is 9.59 Å². The van der Waals surface area contributed by atoms with Crippen LogP contribution in [-0.2, 0) is 9.59 Å². The summed E-state index contributed by atoms with van der Waals surface area (Å²) in [5, 5.41) is 0. The predicted octanol–water partition coefficient (Wildman–Crippen LogP) is 2.80. The number of fused-ring (bicyclic) bond motifs is 1. The van der Waals surface area contributed by atoms with E-state index in [1.807, 2.05) is 0 Å². The summed E-state index contributed by atoms with van der Waals surface area (Å²) in [6, 6.07) is 0. The van der Waals surface area contributed by atoms with E-state index < -0.39 is 0 Å². The van der Waals surface area contributed by atoms with Crippen molar-refractivity contribution in [3.8, 4) is 0 Å². The minimum atomic E-state index is -0.218. The molecule has 0 unspecified atom stereocenters. The highest BCUT2D eigenvalue weighted by Gasteiger charge is 2.63. The summed E-state index contributed by atoms with van der Waals surface area (Å²) in [6.45, 7) is 12.3. The standard InChI is InChI=1S/C15H20O2/c1-9-5-6-12-14(15(12,3)4)13(10(2)7-16)11(9)8-17/h7-8,11-14H,1-2,5-6H2,3-4H3/t11-,12-,13-,14-/m0/s1. The van der Waals surface area contributed by atoms with Crippen molar-refractivity contribution in [2.24, 2.45) is 29.1 Å². The highest BCUT2D eigenvalue weighted by Crippen LogP contribution is 2.67. The Kier molecular flexibility index (Phi) is 2.84. The third-order valence-corrected chi connectivity index (χ3v) is 4.89. The molecule has 17 heavy (non-hydrogen) atoms. The molecule has 2 aliphatic rings. The molecule has 0 aromatic rings. The second-order valence-electron chi connectivity index (χ2n) is 6.03. The SMILES string of the molecule is C=C(C=O)[C@@H]1[C@@H]2[C@H](CCC(=C)[C@@H]1C=O)C2(C)C. The van der Waals surface area contributed by atoms with Crippen LogP contribution < -0.4 is 0 Å². The van der Waals surface area contributed by atoms with Gasteiger partial charge in [-0.2, -0.15) is 0 Å². The summed E-state index contributed by atoms with van der Waals surface area (Å²) in [6.07, 6.45) is 3.75. The maximum Gasteiger partial charge on any atom is 0.145 e. The zero-order chi connectivity index (χ0) is 12.8. The van der Waals surface area contributed by atoms with E-state index in [9.17, 15) is 9.59 Å². The third kappa shape index (κ3) is 1.70. The molecule has 2 rings (SSSR count). The monoisotopic (exact) mass is 232 g/mol. The van der Waals surface area contributed by atoms with Crippen molar-refractivity contribution in [2.75, 3.05) is 0 Å². The number of hydrogen-bond donors (Lipinski definition) is 0. The molecule has 0 bridgehead atoms. The third-order valence-electron chi connectivity index (χ3n) is 4.89. The summed E-state index contributed by atoms with van der Waals surface area (Å²) in [5.74, 6) is 0.769. The fourth-order valence-corrected chi connectivity index (χ4v) is 3.76. The number of aldehydes is 2. The first-order valence-corrected chi connectivity index (χ1v) is 6.22. The number of hydrogen-bond acceptors (Lipinski definition) is 2.